The third-order valence-corrected chi connectivity index (χ3v) is 6.76. The number of rotatable bonds is 5. The molecular formula is C26H23Cl2N3O2. The van der Waals surface area contributed by atoms with Crippen LogP contribution in [0.1, 0.15) is 49.3 Å². The summed E-state index contributed by atoms with van der Waals surface area (Å²) < 4.78 is 5.45. The predicted octanol–water partition coefficient (Wildman–Crippen LogP) is 8.03. The van der Waals surface area contributed by atoms with E-state index in [2.05, 4.69) is 21.2 Å². The molecule has 168 valence electrons. The fourth-order valence-corrected chi connectivity index (χ4v) is 4.62. The van der Waals surface area contributed by atoms with Crippen molar-refractivity contribution in [2.24, 2.45) is 0 Å². The number of carbonyl (C=O) groups excluding carboxylic acids is 1. The van der Waals surface area contributed by atoms with E-state index in [4.69, 9.17) is 34.5 Å². The van der Waals surface area contributed by atoms with E-state index < -0.39 is 6.09 Å². The number of halogens is 2. The highest BCUT2D eigenvalue weighted by Gasteiger charge is 2.30. The van der Waals surface area contributed by atoms with Crippen LogP contribution in [0.2, 0.25) is 10.0 Å². The van der Waals surface area contributed by atoms with E-state index in [1.165, 1.54) is 0 Å². The lowest BCUT2D eigenvalue weighted by Crippen LogP contribution is -2.22. The second kappa shape index (κ2) is 9.82. The Balaban J connectivity index is 1.76. The topological polar surface area (TPSA) is 55.6 Å². The molecule has 1 aromatic heterocycles. The molecule has 4 rings (SSSR count). The minimum absolute atomic E-state index is 0.0440. The van der Waals surface area contributed by atoms with Crippen LogP contribution in [-0.4, -0.2) is 17.2 Å². The molecule has 0 saturated heterocycles. The summed E-state index contributed by atoms with van der Waals surface area (Å²) in [4.78, 5) is 20.6. The number of nitrogens with zero attached hydrogens (tertiary/aromatic N) is 2. The van der Waals surface area contributed by atoms with E-state index in [0.29, 0.717) is 22.2 Å². The number of anilines is 1. The maximum absolute atomic E-state index is 12.4. The minimum Gasteiger partial charge on any atom is -0.446 e. The highest BCUT2D eigenvalue weighted by atomic mass is 35.5. The second-order valence-corrected chi connectivity index (χ2v) is 8.77. The van der Waals surface area contributed by atoms with Gasteiger partial charge in [0.25, 0.3) is 0 Å². The molecule has 3 aromatic rings. The molecule has 1 N–H and O–H groups in total. The molecule has 0 fully saturated rings. The number of benzene rings is 2. The van der Waals surface area contributed by atoms with Gasteiger partial charge in [-0.3, -0.25) is 10.3 Å². The zero-order chi connectivity index (χ0) is 23.5. The summed E-state index contributed by atoms with van der Waals surface area (Å²) in [5.41, 5.74) is 5.13. The first-order valence-corrected chi connectivity index (χ1v) is 11.6. The van der Waals surface area contributed by atoms with Gasteiger partial charge in [-0.05, 0) is 59.2 Å². The summed E-state index contributed by atoms with van der Waals surface area (Å²) in [5.74, 6) is 0.255. The molecule has 0 saturated carbocycles. The van der Waals surface area contributed by atoms with E-state index >= 15 is 0 Å². The summed E-state index contributed by atoms with van der Waals surface area (Å²) >= 11 is 12.4. The largest absolute Gasteiger partial charge is 0.446 e. The van der Waals surface area contributed by atoms with Crippen molar-refractivity contribution in [3.63, 3.8) is 0 Å². The fourth-order valence-electron chi connectivity index (χ4n) is 4.31. The molecule has 0 radical (unpaired) electrons. The quantitative estimate of drug-likeness (QED) is 0.376. The first kappa shape index (κ1) is 23.1. The normalized spacial score (nSPS) is 14.2. The molecule has 1 amide bonds. The van der Waals surface area contributed by atoms with E-state index in [1.54, 1.807) is 12.3 Å². The summed E-state index contributed by atoms with van der Waals surface area (Å²) in [5, 5.41) is 3.70. The van der Waals surface area contributed by atoms with Crippen LogP contribution in [-0.2, 0) is 11.2 Å². The van der Waals surface area contributed by atoms with Gasteiger partial charge in [-0.25, -0.2) is 9.64 Å². The number of hydrogen-bond donors (Lipinski definition) is 1. The van der Waals surface area contributed by atoms with Gasteiger partial charge in [0.15, 0.2) is 0 Å². The lowest BCUT2D eigenvalue weighted by molar-refractivity contribution is 0.106. The van der Waals surface area contributed by atoms with Crippen molar-refractivity contribution in [3.8, 4) is 11.1 Å². The fraction of sp³-hybridized carbons (Fsp3) is 0.269. The summed E-state index contributed by atoms with van der Waals surface area (Å²) in [6.07, 6.45) is 3.06. The number of ether oxygens (including phenoxy) is 1. The predicted molar refractivity (Wildman–Crippen MR) is 132 cm³/mol. The average Bonchev–Trinajstić information content (AvgIpc) is 2.83. The molecule has 5 nitrogen and oxygen atoms in total. The van der Waals surface area contributed by atoms with Crippen LogP contribution in [0.15, 0.2) is 48.7 Å². The second-order valence-electron chi connectivity index (χ2n) is 7.95. The van der Waals surface area contributed by atoms with E-state index in [0.717, 1.165) is 40.7 Å². The Kier molecular flexibility index (Phi) is 6.88. The Hall–Kier alpha value is -3.07. The highest BCUT2D eigenvalue weighted by Crippen LogP contribution is 2.48. The monoisotopic (exact) mass is 479 g/mol. The van der Waals surface area contributed by atoms with Crippen LogP contribution in [0.4, 0.5) is 16.3 Å². The van der Waals surface area contributed by atoms with E-state index in [9.17, 15) is 4.79 Å². The van der Waals surface area contributed by atoms with Gasteiger partial charge in [0.05, 0.1) is 16.6 Å². The number of pyridine rings is 1. The Morgan fingerprint density at radius 3 is 2.67 bits per heavy atom. The van der Waals surface area contributed by atoms with Crippen molar-refractivity contribution in [1.29, 1.82) is 0 Å². The zero-order valence-electron chi connectivity index (χ0n) is 18.4. The van der Waals surface area contributed by atoms with Crippen molar-refractivity contribution < 1.29 is 9.53 Å². The van der Waals surface area contributed by atoms with Crippen molar-refractivity contribution >= 4 is 40.8 Å². The van der Waals surface area contributed by atoms with Gasteiger partial charge in [0.1, 0.15) is 11.9 Å². The Morgan fingerprint density at radius 1 is 1.21 bits per heavy atom. The van der Waals surface area contributed by atoms with Crippen LogP contribution < -0.4 is 5.32 Å². The SMILES string of the molecule is [C-]#[N+]c1c(NC(=O)OC(CC)CC)ncc2c1-c1ccccc1C(c1ccc(Cl)c(Cl)c1)C2. The summed E-state index contributed by atoms with van der Waals surface area (Å²) in [7, 11) is 0. The minimum atomic E-state index is -0.598. The van der Waals surface area contributed by atoms with Gasteiger partial charge < -0.3 is 4.74 Å². The van der Waals surface area contributed by atoms with Crippen LogP contribution in [0, 0.1) is 6.57 Å². The van der Waals surface area contributed by atoms with Crippen molar-refractivity contribution in [1.82, 2.24) is 4.98 Å². The average molecular weight is 480 g/mol. The van der Waals surface area contributed by atoms with Crippen molar-refractivity contribution in [3.05, 3.63) is 86.8 Å². The van der Waals surface area contributed by atoms with Crippen LogP contribution in [0.25, 0.3) is 16.0 Å². The molecule has 2 aromatic carbocycles. The standard InChI is InChI=1S/C26H23Cl2N3O2/c1-4-17(5-2)33-26(32)31-25-24(29-3)23-16(14-30-25)12-20(18-8-6-7-9-19(18)23)15-10-11-21(27)22(28)13-15/h6-11,13-14,17,20H,4-5,12H2,1-2H3,(H,30,31,32). The van der Waals surface area contributed by atoms with Crippen LogP contribution in [0.5, 0.6) is 0 Å². The molecule has 1 aliphatic carbocycles. The maximum Gasteiger partial charge on any atom is 0.412 e. The number of carbonyl (C=O) groups is 1. The number of hydrogen-bond acceptors (Lipinski definition) is 3. The molecule has 1 heterocycles. The Bertz CT molecular complexity index is 1250. The molecule has 0 spiro atoms. The smallest absolute Gasteiger partial charge is 0.412 e. The maximum atomic E-state index is 12.4. The molecular weight excluding hydrogens is 457 g/mol. The van der Waals surface area contributed by atoms with Gasteiger partial charge in [0, 0.05) is 12.1 Å². The molecule has 1 unspecified atom stereocenters. The molecule has 1 atom stereocenters. The lowest BCUT2D eigenvalue weighted by Gasteiger charge is -2.29. The van der Waals surface area contributed by atoms with Gasteiger partial charge in [-0.2, -0.15) is 0 Å². The first-order valence-electron chi connectivity index (χ1n) is 10.9. The van der Waals surface area contributed by atoms with E-state index in [-0.39, 0.29) is 17.8 Å². The van der Waals surface area contributed by atoms with Gasteiger partial charge in [-0.15, -0.1) is 0 Å². The number of nitrogens with one attached hydrogen (secondary N) is 1. The van der Waals surface area contributed by atoms with Crippen LogP contribution >= 0.6 is 23.2 Å². The number of aromatic nitrogens is 1. The lowest BCUT2D eigenvalue weighted by atomic mass is 9.76. The third kappa shape index (κ3) is 4.55. The Labute approximate surface area is 203 Å². The molecule has 33 heavy (non-hydrogen) atoms. The van der Waals surface area contributed by atoms with Gasteiger partial charge in [-0.1, -0.05) is 67.4 Å². The number of fused-ring (bicyclic) bond motifs is 3. The van der Waals surface area contributed by atoms with Gasteiger partial charge in [0.2, 0.25) is 5.69 Å². The highest BCUT2D eigenvalue weighted by molar-refractivity contribution is 6.42. The molecule has 0 aliphatic heterocycles. The van der Waals surface area contributed by atoms with Gasteiger partial charge >= 0.3 is 6.09 Å². The first-order chi connectivity index (χ1) is 16.0. The van der Waals surface area contributed by atoms with E-state index in [1.807, 2.05) is 44.2 Å². The third-order valence-electron chi connectivity index (χ3n) is 6.02. The van der Waals surface area contributed by atoms with Crippen molar-refractivity contribution in [2.75, 3.05) is 5.32 Å². The Morgan fingerprint density at radius 2 is 1.97 bits per heavy atom. The molecule has 0 bridgehead atoms. The molecule has 7 heteroatoms. The number of amides is 1. The van der Waals surface area contributed by atoms with Crippen LogP contribution in [0.3, 0.4) is 0 Å². The summed E-state index contributed by atoms with van der Waals surface area (Å²) in [6, 6.07) is 13.7. The summed E-state index contributed by atoms with van der Waals surface area (Å²) in [6.45, 7) is 11.8. The van der Waals surface area contributed by atoms with Crippen molar-refractivity contribution in [2.45, 2.75) is 45.1 Å². The zero-order valence-corrected chi connectivity index (χ0v) is 19.9. The molecule has 1 aliphatic rings.